The molecule has 0 aliphatic rings. The van der Waals surface area contributed by atoms with Crippen LogP contribution in [0.15, 0.2) is 0 Å². The monoisotopic (exact) mass is 130 g/mol. The van der Waals surface area contributed by atoms with Crippen molar-refractivity contribution in [1.29, 1.82) is 5.26 Å². The van der Waals surface area contributed by atoms with Gasteiger partial charge in [0.2, 0.25) is 5.91 Å². The number of amides is 1. The molecular formula is C4H6N2OS. The first-order valence-electron chi connectivity index (χ1n) is 2.00. The number of carbonyl (C=O) groups excluding carboxylic acids is 1. The van der Waals surface area contributed by atoms with E-state index in [9.17, 15) is 4.79 Å². The van der Waals surface area contributed by atoms with E-state index >= 15 is 0 Å². The van der Waals surface area contributed by atoms with Crippen LogP contribution < -0.4 is 5.73 Å². The van der Waals surface area contributed by atoms with Gasteiger partial charge in [0.05, 0.1) is 17.6 Å². The predicted molar refractivity (Wildman–Crippen MR) is 32.1 cm³/mol. The Morgan fingerprint density at radius 3 is 2.88 bits per heavy atom. The lowest BCUT2D eigenvalue weighted by Gasteiger charge is -1.86. The van der Waals surface area contributed by atoms with Crippen LogP contribution in [-0.4, -0.2) is 17.4 Å². The Hall–Kier alpha value is -0.690. The van der Waals surface area contributed by atoms with E-state index in [2.05, 4.69) is 0 Å². The van der Waals surface area contributed by atoms with Gasteiger partial charge in [0.1, 0.15) is 0 Å². The fourth-order valence-corrected chi connectivity index (χ4v) is 0.592. The first kappa shape index (κ1) is 7.31. The third-order valence-electron chi connectivity index (χ3n) is 0.411. The second-order valence-corrected chi connectivity index (χ2v) is 2.10. The molecule has 0 heterocycles. The van der Waals surface area contributed by atoms with E-state index in [-0.39, 0.29) is 11.7 Å². The molecule has 2 N–H and O–H groups in total. The average Bonchev–Trinajstić information content (AvgIpc) is 1.66. The summed E-state index contributed by atoms with van der Waals surface area (Å²) in [5.74, 6) is 0.210. The highest BCUT2D eigenvalue weighted by molar-refractivity contribution is 8.00. The predicted octanol–water partition coefficient (Wildman–Crippen LogP) is -0.272. The zero-order valence-electron chi connectivity index (χ0n) is 4.26. The Labute approximate surface area is 51.9 Å². The summed E-state index contributed by atoms with van der Waals surface area (Å²) in [5.41, 5.74) is 4.76. The molecule has 0 bridgehead atoms. The molecule has 0 aromatic carbocycles. The summed E-state index contributed by atoms with van der Waals surface area (Å²) in [6.07, 6.45) is 0. The lowest BCUT2D eigenvalue weighted by molar-refractivity contribution is -0.115. The molecule has 1 amide bonds. The van der Waals surface area contributed by atoms with E-state index in [0.29, 0.717) is 5.75 Å². The Morgan fingerprint density at radius 2 is 2.50 bits per heavy atom. The normalized spacial score (nSPS) is 7.88. The first-order valence-corrected chi connectivity index (χ1v) is 3.16. The lowest BCUT2D eigenvalue weighted by Crippen LogP contribution is -2.13. The number of nitrogens with zero attached hydrogens (tertiary/aromatic N) is 1. The summed E-state index contributed by atoms with van der Waals surface area (Å²) in [4.78, 5) is 9.97. The third-order valence-corrected chi connectivity index (χ3v) is 1.23. The van der Waals surface area contributed by atoms with Gasteiger partial charge in [0.25, 0.3) is 0 Å². The number of rotatable bonds is 3. The minimum Gasteiger partial charge on any atom is -0.369 e. The molecular weight excluding hydrogens is 124 g/mol. The largest absolute Gasteiger partial charge is 0.369 e. The molecule has 0 atom stereocenters. The Balaban J connectivity index is 2.97. The summed E-state index contributed by atoms with van der Waals surface area (Å²) in [7, 11) is 0. The van der Waals surface area contributed by atoms with Crippen molar-refractivity contribution < 1.29 is 4.79 Å². The number of nitrogens with two attached hydrogens (primary N) is 1. The fourth-order valence-electron chi connectivity index (χ4n) is 0.197. The molecule has 44 valence electrons. The lowest BCUT2D eigenvalue weighted by atomic mass is 10.8. The maximum absolute atomic E-state index is 9.97. The zero-order chi connectivity index (χ0) is 6.41. The van der Waals surface area contributed by atoms with Gasteiger partial charge in [-0.2, -0.15) is 5.26 Å². The molecule has 0 aromatic rings. The van der Waals surface area contributed by atoms with Gasteiger partial charge in [0.15, 0.2) is 0 Å². The van der Waals surface area contributed by atoms with Crippen molar-refractivity contribution in [2.75, 3.05) is 11.5 Å². The van der Waals surface area contributed by atoms with Crippen molar-refractivity contribution in [1.82, 2.24) is 0 Å². The molecule has 0 unspecified atom stereocenters. The molecule has 0 fully saturated rings. The van der Waals surface area contributed by atoms with E-state index in [1.54, 1.807) is 0 Å². The third kappa shape index (κ3) is 5.31. The summed E-state index contributed by atoms with van der Waals surface area (Å²) < 4.78 is 0. The van der Waals surface area contributed by atoms with E-state index in [4.69, 9.17) is 11.0 Å². The zero-order valence-corrected chi connectivity index (χ0v) is 5.07. The molecule has 0 radical (unpaired) electrons. The molecule has 0 aliphatic heterocycles. The number of primary amides is 1. The molecule has 0 aliphatic carbocycles. The van der Waals surface area contributed by atoms with E-state index in [1.807, 2.05) is 6.07 Å². The fraction of sp³-hybridized carbons (Fsp3) is 0.500. The standard InChI is InChI=1S/C4H6N2OS/c5-1-2-8-3-4(6)7/h2-3H2,(H2,6,7). The summed E-state index contributed by atoms with van der Waals surface area (Å²) in [6.45, 7) is 0. The highest BCUT2D eigenvalue weighted by atomic mass is 32.2. The minimum absolute atomic E-state index is 0.244. The maximum Gasteiger partial charge on any atom is 0.227 e. The summed E-state index contributed by atoms with van der Waals surface area (Å²) >= 11 is 1.23. The van der Waals surface area contributed by atoms with Gasteiger partial charge >= 0.3 is 0 Å². The van der Waals surface area contributed by atoms with Gasteiger partial charge in [-0.3, -0.25) is 4.79 Å². The highest BCUT2D eigenvalue weighted by Crippen LogP contribution is 1.94. The van der Waals surface area contributed by atoms with Gasteiger partial charge in [-0.25, -0.2) is 0 Å². The van der Waals surface area contributed by atoms with Crippen molar-refractivity contribution >= 4 is 17.7 Å². The Bertz CT molecular complexity index is 118. The number of hydrogen-bond acceptors (Lipinski definition) is 3. The number of hydrogen-bond donors (Lipinski definition) is 1. The van der Waals surface area contributed by atoms with Gasteiger partial charge in [-0.1, -0.05) is 0 Å². The molecule has 0 spiro atoms. The molecule has 3 nitrogen and oxygen atoms in total. The molecule has 4 heteroatoms. The maximum atomic E-state index is 9.97. The van der Waals surface area contributed by atoms with Crippen molar-refractivity contribution in [3.63, 3.8) is 0 Å². The van der Waals surface area contributed by atoms with Crippen LogP contribution in [0.4, 0.5) is 0 Å². The molecule has 0 rings (SSSR count). The van der Waals surface area contributed by atoms with Crippen LogP contribution in [0.1, 0.15) is 0 Å². The van der Waals surface area contributed by atoms with Gasteiger partial charge in [0, 0.05) is 0 Å². The van der Waals surface area contributed by atoms with E-state index < -0.39 is 0 Å². The topological polar surface area (TPSA) is 66.9 Å². The molecule has 0 saturated carbocycles. The van der Waals surface area contributed by atoms with Crippen LogP contribution in [0.25, 0.3) is 0 Å². The van der Waals surface area contributed by atoms with Crippen LogP contribution >= 0.6 is 11.8 Å². The number of carbonyl (C=O) groups is 1. The van der Waals surface area contributed by atoms with Crippen molar-refractivity contribution in [3.8, 4) is 6.07 Å². The number of thioether (sulfide) groups is 1. The van der Waals surface area contributed by atoms with Crippen molar-refractivity contribution in [2.45, 2.75) is 0 Å². The van der Waals surface area contributed by atoms with Crippen LogP contribution in [0.3, 0.4) is 0 Å². The van der Waals surface area contributed by atoms with Crippen molar-refractivity contribution in [3.05, 3.63) is 0 Å². The van der Waals surface area contributed by atoms with Crippen LogP contribution in [0.2, 0.25) is 0 Å². The summed E-state index contributed by atoms with van der Waals surface area (Å²) in [6, 6.07) is 1.88. The van der Waals surface area contributed by atoms with Crippen LogP contribution in [0, 0.1) is 11.3 Å². The van der Waals surface area contributed by atoms with Crippen LogP contribution in [0.5, 0.6) is 0 Å². The summed E-state index contributed by atoms with van der Waals surface area (Å²) in [5, 5.41) is 7.96. The molecule has 0 saturated heterocycles. The Morgan fingerprint density at radius 1 is 1.88 bits per heavy atom. The smallest absolute Gasteiger partial charge is 0.227 e. The van der Waals surface area contributed by atoms with Gasteiger partial charge in [-0.15, -0.1) is 11.8 Å². The molecule has 0 aromatic heterocycles. The highest BCUT2D eigenvalue weighted by Gasteiger charge is 1.90. The van der Waals surface area contributed by atoms with Gasteiger partial charge in [-0.05, 0) is 0 Å². The quantitative estimate of drug-likeness (QED) is 0.535. The minimum atomic E-state index is -0.370. The number of nitriles is 1. The first-order chi connectivity index (χ1) is 3.77. The van der Waals surface area contributed by atoms with Gasteiger partial charge < -0.3 is 5.73 Å². The van der Waals surface area contributed by atoms with E-state index in [0.717, 1.165) is 0 Å². The Kier molecular flexibility index (Phi) is 4.08. The second kappa shape index (κ2) is 4.47. The van der Waals surface area contributed by atoms with Crippen molar-refractivity contribution in [2.24, 2.45) is 5.73 Å². The second-order valence-electron chi connectivity index (χ2n) is 1.12. The van der Waals surface area contributed by atoms with Crippen LogP contribution in [-0.2, 0) is 4.79 Å². The average molecular weight is 130 g/mol. The SMILES string of the molecule is N#CCSCC(N)=O. The van der Waals surface area contributed by atoms with E-state index in [1.165, 1.54) is 11.8 Å². The molecule has 8 heavy (non-hydrogen) atoms.